The van der Waals surface area contributed by atoms with Crippen molar-refractivity contribution in [3.05, 3.63) is 122 Å². The topological polar surface area (TPSA) is 175 Å². The van der Waals surface area contributed by atoms with Crippen LogP contribution in [0, 0.1) is 0 Å². The standard InChI is InChI=1S/C71H114O12/c1-4-7-10-13-16-19-22-25-28-30-32-34-37-39-42-45-48-51-54-57-63(72)79-60-62(81-64(73)58-55-52-49-46-43-40-36-27-24-21-18-15-12-9-6-3)61-80-71-69(67(76)66(75)68(83-71)70(77)78)82-65(74)59-56-53-50-47-44-41-38-35-33-31-29-26-23-20-17-14-11-8-5-2/h7,9-10,12,16,18-19,21,25-29,32,34,36,43,46,52,55,62,66-69,71,75-76H,4-6,8,11,13-15,17,20,22-24,30-31,33,35,37-42,44-45,47-51,53-54,56-61H2,1-3H3,(H,77,78)/b10-7-,12-9-,19-16-,21-18-,28-25-,29-26-,34-32-,36-27-,46-43-,55-52-. The van der Waals surface area contributed by atoms with Crippen LogP contribution in [0.1, 0.15) is 252 Å². The number of esters is 3. The summed E-state index contributed by atoms with van der Waals surface area (Å²) in [4.78, 5) is 51.3. The molecular formula is C71H114O12. The Hall–Kier alpha value is -4.88. The lowest BCUT2D eigenvalue weighted by atomic mass is 9.98. The van der Waals surface area contributed by atoms with Gasteiger partial charge in [0.2, 0.25) is 0 Å². The van der Waals surface area contributed by atoms with Crippen LogP contribution >= 0.6 is 0 Å². The number of carboxylic acids is 1. The molecule has 0 spiro atoms. The second kappa shape index (κ2) is 57.5. The molecular weight excluding hydrogens is 1040 g/mol. The molecule has 470 valence electrons. The monoisotopic (exact) mass is 1160 g/mol. The molecule has 6 unspecified atom stereocenters. The highest BCUT2D eigenvalue weighted by Gasteiger charge is 2.50. The van der Waals surface area contributed by atoms with E-state index in [1.165, 1.54) is 70.6 Å². The fraction of sp³-hybridized carbons (Fsp3) is 0.662. The molecule has 3 N–H and O–H groups in total. The molecule has 1 aliphatic rings. The summed E-state index contributed by atoms with van der Waals surface area (Å²) < 4.78 is 28.4. The van der Waals surface area contributed by atoms with E-state index in [1.54, 1.807) is 6.08 Å². The Morgan fingerprint density at radius 1 is 0.422 bits per heavy atom. The van der Waals surface area contributed by atoms with Crippen molar-refractivity contribution in [2.24, 2.45) is 0 Å². The molecule has 0 radical (unpaired) electrons. The summed E-state index contributed by atoms with van der Waals surface area (Å²) in [6.07, 6.45) is 67.6. The number of carbonyl (C=O) groups is 4. The average Bonchev–Trinajstić information content (AvgIpc) is 3.60. The molecule has 0 aromatic carbocycles. The number of allylic oxidation sites excluding steroid dienone is 19. The van der Waals surface area contributed by atoms with Crippen LogP contribution in [0.5, 0.6) is 0 Å². The number of carboxylic acid groups (broad SMARTS) is 1. The van der Waals surface area contributed by atoms with Gasteiger partial charge in [-0.1, -0.05) is 245 Å². The molecule has 0 bridgehead atoms. The fourth-order valence-electron chi connectivity index (χ4n) is 9.14. The summed E-state index contributed by atoms with van der Waals surface area (Å²) in [7, 11) is 0. The minimum atomic E-state index is -1.93. The van der Waals surface area contributed by atoms with E-state index < -0.39 is 67.3 Å². The van der Waals surface area contributed by atoms with Gasteiger partial charge in [-0.2, -0.15) is 0 Å². The van der Waals surface area contributed by atoms with Gasteiger partial charge in [-0.15, -0.1) is 0 Å². The fourth-order valence-corrected chi connectivity index (χ4v) is 9.14. The Bertz CT molecular complexity index is 1900. The van der Waals surface area contributed by atoms with Crippen molar-refractivity contribution in [1.29, 1.82) is 0 Å². The molecule has 1 rings (SSSR count). The lowest BCUT2D eigenvalue weighted by molar-refractivity contribution is -0.301. The normalized spacial score (nSPS) is 18.4. The molecule has 1 heterocycles. The molecule has 0 saturated carbocycles. The minimum Gasteiger partial charge on any atom is -0.479 e. The lowest BCUT2D eigenvalue weighted by Gasteiger charge is -2.40. The third-order valence-electron chi connectivity index (χ3n) is 14.0. The van der Waals surface area contributed by atoms with Crippen molar-refractivity contribution in [3.8, 4) is 0 Å². The van der Waals surface area contributed by atoms with Crippen LogP contribution in [-0.2, 0) is 42.9 Å². The van der Waals surface area contributed by atoms with E-state index >= 15 is 0 Å². The number of hydrogen-bond donors (Lipinski definition) is 3. The van der Waals surface area contributed by atoms with Crippen LogP contribution in [0.4, 0.5) is 0 Å². The Balaban J connectivity index is 2.70. The Labute approximate surface area is 503 Å². The van der Waals surface area contributed by atoms with Gasteiger partial charge in [0, 0.05) is 12.8 Å². The minimum absolute atomic E-state index is 0.0411. The number of hydrogen-bond acceptors (Lipinski definition) is 11. The smallest absolute Gasteiger partial charge is 0.335 e. The van der Waals surface area contributed by atoms with Gasteiger partial charge in [0.05, 0.1) is 13.0 Å². The molecule has 12 heteroatoms. The quantitative estimate of drug-likeness (QED) is 0.0228. The van der Waals surface area contributed by atoms with E-state index in [1.807, 2.05) is 18.2 Å². The van der Waals surface area contributed by atoms with Gasteiger partial charge in [0.15, 0.2) is 24.6 Å². The van der Waals surface area contributed by atoms with Crippen molar-refractivity contribution in [2.75, 3.05) is 13.2 Å². The van der Waals surface area contributed by atoms with Crippen LogP contribution in [-0.4, -0.2) is 89.2 Å². The largest absolute Gasteiger partial charge is 0.479 e. The molecule has 83 heavy (non-hydrogen) atoms. The molecule has 0 amide bonds. The number of carbonyl (C=O) groups excluding carboxylic acids is 3. The zero-order valence-electron chi connectivity index (χ0n) is 51.9. The van der Waals surface area contributed by atoms with Gasteiger partial charge in [-0.25, -0.2) is 4.79 Å². The van der Waals surface area contributed by atoms with Crippen molar-refractivity contribution in [2.45, 2.75) is 289 Å². The van der Waals surface area contributed by atoms with Crippen LogP contribution in [0.15, 0.2) is 122 Å². The summed E-state index contributed by atoms with van der Waals surface area (Å²) in [6.45, 7) is 5.68. The Morgan fingerprint density at radius 3 is 1.23 bits per heavy atom. The maximum atomic E-state index is 13.1. The Kier molecular flexibility index (Phi) is 52.8. The van der Waals surface area contributed by atoms with Gasteiger partial charge in [0.1, 0.15) is 18.8 Å². The molecule has 12 nitrogen and oxygen atoms in total. The van der Waals surface area contributed by atoms with Crippen molar-refractivity contribution >= 4 is 23.9 Å². The first-order valence-corrected chi connectivity index (χ1v) is 32.5. The van der Waals surface area contributed by atoms with Gasteiger partial charge >= 0.3 is 23.9 Å². The van der Waals surface area contributed by atoms with Crippen LogP contribution in [0.3, 0.4) is 0 Å². The zero-order chi connectivity index (χ0) is 60.3. The van der Waals surface area contributed by atoms with E-state index in [0.717, 1.165) is 122 Å². The number of unbranched alkanes of at least 4 members (excludes halogenated alkanes) is 21. The number of rotatable bonds is 54. The van der Waals surface area contributed by atoms with Gasteiger partial charge < -0.3 is 39.0 Å². The second-order valence-corrected chi connectivity index (χ2v) is 21.6. The molecule has 1 saturated heterocycles. The van der Waals surface area contributed by atoms with E-state index in [0.29, 0.717) is 19.3 Å². The first-order valence-electron chi connectivity index (χ1n) is 32.5. The molecule has 1 aliphatic heterocycles. The summed E-state index contributed by atoms with van der Waals surface area (Å²) in [6, 6.07) is 0. The van der Waals surface area contributed by atoms with E-state index in [4.69, 9.17) is 23.7 Å². The lowest BCUT2D eigenvalue weighted by Crippen LogP contribution is -2.61. The third-order valence-corrected chi connectivity index (χ3v) is 14.0. The number of aliphatic carboxylic acids is 1. The average molecular weight is 1160 g/mol. The molecule has 1 fully saturated rings. The highest BCUT2D eigenvalue weighted by Crippen LogP contribution is 2.26. The third kappa shape index (κ3) is 47.1. The van der Waals surface area contributed by atoms with E-state index in [9.17, 15) is 34.5 Å². The number of ether oxygens (including phenoxy) is 5. The maximum absolute atomic E-state index is 13.1. The number of aliphatic hydroxyl groups excluding tert-OH is 2. The predicted octanol–water partition coefficient (Wildman–Crippen LogP) is 17.6. The maximum Gasteiger partial charge on any atom is 0.335 e. The van der Waals surface area contributed by atoms with Gasteiger partial charge in [-0.05, 0) is 109 Å². The summed E-state index contributed by atoms with van der Waals surface area (Å²) >= 11 is 0. The SMILES string of the molecule is CC/C=C\C/C=C\C/C=C\C/C=C\C/C=C\CC(=O)OC(COC(=O)CCCCCCCC/C=C\C/C=C\C/C=C\C/C=C\CC)COC1OC(C(=O)O)C(O)C(O)C1OC(=O)CCCCCCCCCCC/C=C\CCCCCCCC. The molecule has 0 aromatic heterocycles. The van der Waals surface area contributed by atoms with Gasteiger partial charge in [0.25, 0.3) is 0 Å². The van der Waals surface area contributed by atoms with E-state index in [-0.39, 0.29) is 25.9 Å². The first kappa shape index (κ1) is 76.1. The molecule has 0 aliphatic carbocycles. The predicted molar refractivity (Wildman–Crippen MR) is 340 cm³/mol. The van der Waals surface area contributed by atoms with Gasteiger partial charge in [-0.3, -0.25) is 14.4 Å². The van der Waals surface area contributed by atoms with E-state index in [2.05, 4.69) is 118 Å². The van der Waals surface area contributed by atoms with Crippen molar-refractivity contribution in [1.82, 2.24) is 0 Å². The van der Waals surface area contributed by atoms with Crippen molar-refractivity contribution in [3.63, 3.8) is 0 Å². The zero-order valence-corrected chi connectivity index (χ0v) is 51.9. The van der Waals surface area contributed by atoms with Crippen molar-refractivity contribution < 1.29 is 58.2 Å². The van der Waals surface area contributed by atoms with Crippen LogP contribution in [0.25, 0.3) is 0 Å². The highest BCUT2D eigenvalue weighted by atomic mass is 16.7. The summed E-state index contributed by atoms with van der Waals surface area (Å²) in [5.74, 6) is -3.32. The van der Waals surface area contributed by atoms with Crippen LogP contribution < -0.4 is 0 Å². The summed E-state index contributed by atoms with van der Waals surface area (Å²) in [5, 5.41) is 31.6. The number of aliphatic hydroxyl groups is 2. The van der Waals surface area contributed by atoms with Crippen LogP contribution in [0.2, 0.25) is 0 Å². The Morgan fingerprint density at radius 2 is 0.795 bits per heavy atom. The molecule has 6 atom stereocenters. The molecule has 0 aromatic rings. The first-order chi connectivity index (χ1) is 40.6. The summed E-state index contributed by atoms with van der Waals surface area (Å²) in [5.41, 5.74) is 0. The highest BCUT2D eigenvalue weighted by molar-refractivity contribution is 5.74. The second-order valence-electron chi connectivity index (χ2n) is 21.6.